The second kappa shape index (κ2) is 7.72. The van der Waals surface area contributed by atoms with Crippen LogP contribution in [0.4, 0.5) is 19.0 Å². The van der Waals surface area contributed by atoms with Gasteiger partial charge in [0.2, 0.25) is 0 Å². The molecule has 0 atom stereocenters. The average molecular weight is 385 g/mol. The van der Waals surface area contributed by atoms with E-state index < -0.39 is 11.6 Å². The molecule has 4 rings (SSSR count). The lowest BCUT2D eigenvalue weighted by Crippen LogP contribution is -2.45. The zero-order valence-corrected chi connectivity index (χ0v) is 15.7. The highest BCUT2D eigenvalue weighted by Gasteiger charge is 2.20. The van der Waals surface area contributed by atoms with Gasteiger partial charge in [0.25, 0.3) is 0 Å². The molecule has 0 bridgehead atoms. The zero-order chi connectivity index (χ0) is 19.7. The Labute approximate surface area is 162 Å². The molecule has 2 heterocycles. The number of rotatable bonds is 4. The second-order valence-corrected chi connectivity index (χ2v) is 7.27. The van der Waals surface area contributed by atoms with E-state index in [1.807, 2.05) is 12.3 Å². The monoisotopic (exact) mass is 385 g/mol. The molecule has 6 heteroatoms. The normalized spacial score (nSPS) is 15.2. The van der Waals surface area contributed by atoms with Crippen LogP contribution in [0.5, 0.6) is 0 Å². The molecule has 146 valence electrons. The molecule has 1 aliphatic heterocycles. The molecule has 0 unspecified atom stereocenters. The topological polar surface area (TPSA) is 11.4 Å². The van der Waals surface area contributed by atoms with Gasteiger partial charge in [-0.05, 0) is 54.9 Å². The van der Waals surface area contributed by atoms with E-state index in [0.29, 0.717) is 12.1 Å². The van der Waals surface area contributed by atoms with Gasteiger partial charge in [-0.15, -0.1) is 0 Å². The van der Waals surface area contributed by atoms with Gasteiger partial charge in [-0.1, -0.05) is 12.1 Å². The Balaban J connectivity index is 1.71. The van der Waals surface area contributed by atoms with E-state index in [0.717, 1.165) is 49.2 Å². The molecule has 0 N–H and O–H groups in total. The van der Waals surface area contributed by atoms with E-state index in [4.69, 9.17) is 0 Å². The van der Waals surface area contributed by atoms with Crippen LogP contribution in [-0.2, 0) is 6.42 Å². The first-order chi connectivity index (χ1) is 13.5. The summed E-state index contributed by atoms with van der Waals surface area (Å²) in [6.07, 6.45) is 2.49. The summed E-state index contributed by atoms with van der Waals surface area (Å²) in [5.74, 6) is -0.580. The van der Waals surface area contributed by atoms with E-state index in [9.17, 15) is 13.2 Å². The van der Waals surface area contributed by atoms with Crippen LogP contribution in [-0.4, -0.2) is 42.7 Å². The minimum absolute atomic E-state index is 0.271. The molecule has 0 saturated carbocycles. The second-order valence-electron chi connectivity index (χ2n) is 7.27. The van der Waals surface area contributed by atoms with Crippen LogP contribution >= 0.6 is 0 Å². The summed E-state index contributed by atoms with van der Waals surface area (Å²) < 4.78 is 42.9. The third-order valence-electron chi connectivity index (χ3n) is 5.17. The molecule has 0 aliphatic carbocycles. The van der Waals surface area contributed by atoms with Gasteiger partial charge < -0.3 is 14.4 Å². The highest BCUT2D eigenvalue weighted by molar-refractivity contribution is 5.53. The number of piperazine rings is 1. The van der Waals surface area contributed by atoms with Crippen LogP contribution in [0.15, 0.2) is 54.7 Å². The SMILES string of the molecule is CN1CCN(c2cc(Cc3ccc(F)cc3)cn2-c2ccc(F)cc2F)CC1. The van der Waals surface area contributed by atoms with Gasteiger partial charge in [0.15, 0.2) is 0 Å². The van der Waals surface area contributed by atoms with Crippen LogP contribution in [0.25, 0.3) is 5.69 Å². The first-order valence-electron chi connectivity index (χ1n) is 9.34. The molecule has 0 amide bonds. The third-order valence-corrected chi connectivity index (χ3v) is 5.17. The van der Waals surface area contributed by atoms with E-state index in [-0.39, 0.29) is 5.82 Å². The largest absolute Gasteiger partial charge is 0.355 e. The first-order valence-corrected chi connectivity index (χ1v) is 9.34. The maximum atomic E-state index is 14.5. The van der Waals surface area contributed by atoms with Crippen molar-refractivity contribution in [2.75, 3.05) is 38.1 Å². The molecule has 3 aromatic rings. The fourth-order valence-electron chi connectivity index (χ4n) is 3.59. The van der Waals surface area contributed by atoms with Crippen molar-refractivity contribution in [2.24, 2.45) is 0 Å². The van der Waals surface area contributed by atoms with E-state index in [1.54, 1.807) is 16.7 Å². The Morgan fingerprint density at radius 3 is 2.14 bits per heavy atom. The van der Waals surface area contributed by atoms with E-state index >= 15 is 0 Å². The smallest absolute Gasteiger partial charge is 0.150 e. The highest BCUT2D eigenvalue weighted by Crippen LogP contribution is 2.28. The van der Waals surface area contributed by atoms with Crippen molar-refractivity contribution >= 4 is 5.82 Å². The molecular formula is C22H22F3N3. The van der Waals surface area contributed by atoms with Crippen molar-refractivity contribution in [3.8, 4) is 5.69 Å². The zero-order valence-electron chi connectivity index (χ0n) is 15.7. The number of nitrogens with zero attached hydrogens (tertiary/aromatic N) is 3. The number of hydrogen-bond donors (Lipinski definition) is 0. The van der Waals surface area contributed by atoms with Gasteiger partial charge in [-0.3, -0.25) is 0 Å². The van der Waals surface area contributed by atoms with Crippen LogP contribution < -0.4 is 4.90 Å². The van der Waals surface area contributed by atoms with Gasteiger partial charge in [-0.2, -0.15) is 0 Å². The highest BCUT2D eigenvalue weighted by atomic mass is 19.1. The molecule has 0 radical (unpaired) electrons. The lowest BCUT2D eigenvalue weighted by atomic mass is 10.1. The lowest BCUT2D eigenvalue weighted by molar-refractivity contribution is 0.311. The minimum Gasteiger partial charge on any atom is -0.355 e. The molecule has 2 aromatic carbocycles. The fourth-order valence-corrected chi connectivity index (χ4v) is 3.59. The number of aromatic nitrogens is 1. The molecule has 28 heavy (non-hydrogen) atoms. The van der Waals surface area contributed by atoms with Crippen molar-refractivity contribution in [2.45, 2.75) is 6.42 Å². The number of benzene rings is 2. The maximum Gasteiger partial charge on any atom is 0.150 e. The molecule has 0 spiro atoms. The predicted molar refractivity (Wildman–Crippen MR) is 105 cm³/mol. The number of anilines is 1. The summed E-state index contributed by atoms with van der Waals surface area (Å²) in [6.45, 7) is 3.51. The Hall–Kier alpha value is -2.73. The minimum atomic E-state index is -0.598. The quantitative estimate of drug-likeness (QED) is 0.666. The summed E-state index contributed by atoms with van der Waals surface area (Å²) in [6, 6.07) is 12.1. The number of halogens is 3. The summed E-state index contributed by atoms with van der Waals surface area (Å²) in [5.41, 5.74) is 2.29. The molecule has 1 saturated heterocycles. The number of hydrogen-bond acceptors (Lipinski definition) is 2. The Morgan fingerprint density at radius 2 is 1.46 bits per heavy atom. The third kappa shape index (κ3) is 3.92. The first kappa shape index (κ1) is 18.6. The fraction of sp³-hybridized carbons (Fsp3) is 0.273. The van der Waals surface area contributed by atoms with Crippen LogP contribution in [0.3, 0.4) is 0 Å². The van der Waals surface area contributed by atoms with Crippen molar-refractivity contribution in [1.82, 2.24) is 9.47 Å². The molecule has 1 aliphatic rings. The Morgan fingerprint density at radius 1 is 0.786 bits per heavy atom. The Bertz CT molecular complexity index is 958. The van der Waals surface area contributed by atoms with Crippen molar-refractivity contribution in [3.63, 3.8) is 0 Å². The van der Waals surface area contributed by atoms with Gasteiger partial charge in [0.05, 0.1) is 5.69 Å². The van der Waals surface area contributed by atoms with Crippen LogP contribution in [0.2, 0.25) is 0 Å². The number of likely N-dealkylation sites (N-methyl/N-ethyl adjacent to an activating group) is 1. The van der Waals surface area contributed by atoms with Crippen molar-refractivity contribution < 1.29 is 13.2 Å². The summed E-state index contributed by atoms with van der Waals surface area (Å²) in [5, 5.41) is 0. The summed E-state index contributed by atoms with van der Waals surface area (Å²) >= 11 is 0. The van der Waals surface area contributed by atoms with Gasteiger partial charge >= 0.3 is 0 Å². The predicted octanol–water partition coefficient (Wildman–Crippen LogP) is 4.24. The summed E-state index contributed by atoms with van der Waals surface area (Å²) in [7, 11) is 2.08. The van der Waals surface area contributed by atoms with Gasteiger partial charge in [0.1, 0.15) is 23.3 Å². The van der Waals surface area contributed by atoms with Gasteiger partial charge in [-0.25, -0.2) is 13.2 Å². The van der Waals surface area contributed by atoms with Crippen molar-refractivity contribution in [1.29, 1.82) is 0 Å². The standard InChI is InChI=1S/C22H22F3N3/c1-26-8-10-27(11-9-26)22-13-17(12-16-2-4-18(23)5-3-16)15-28(22)21-7-6-19(24)14-20(21)25/h2-7,13-15H,8-12H2,1H3. The molecule has 1 fully saturated rings. The van der Waals surface area contributed by atoms with E-state index in [1.165, 1.54) is 24.3 Å². The lowest BCUT2D eigenvalue weighted by Gasteiger charge is -2.34. The molecular weight excluding hydrogens is 363 g/mol. The molecule has 3 nitrogen and oxygen atoms in total. The Kier molecular flexibility index (Phi) is 5.13. The van der Waals surface area contributed by atoms with Gasteiger partial charge in [0, 0.05) is 38.4 Å². The summed E-state index contributed by atoms with van der Waals surface area (Å²) in [4.78, 5) is 4.47. The van der Waals surface area contributed by atoms with Crippen LogP contribution in [0, 0.1) is 17.5 Å². The average Bonchev–Trinajstić information content (AvgIpc) is 3.07. The van der Waals surface area contributed by atoms with E-state index in [2.05, 4.69) is 16.8 Å². The maximum absolute atomic E-state index is 14.5. The molecule has 1 aromatic heterocycles. The van der Waals surface area contributed by atoms with Crippen LogP contribution in [0.1, 0.15) is 11.1 Å². The van der Waals surface area contributed by atoms with Crippen molar-refractivity contribution in [3.05, 3.63) is 83.3 Å².